The molecule has 0 amide bonds. The number of hydrogen-bond acceptors (Lipinski definition) is 5. The van der Waals surface area contributed by atoms with Gasteiger partial charge in [0.2, 0.25) is 5.13 Å². The van der Waals surface area contributed by atoms with Crippen molar-refractivity contribution in [3.05, 3.63) is 76.1 Å². The Bertz CT molecular complexity index is 1190. The number of aromatic nitrogens is 3. The van der Waals surface area contributed by atoms with Crippen LogP contribution in [0.4, 0.5) is 26.3 Å². The summed E-state index contributed by atoms with van der Waals surface area (Å²) in [6.45, 7) is 1.37. The lowest BCUT2D eigenvalue weighted by atomic mass is 10.1. The molecule has 0 N–H and O–H groups in total. The van der Waals surface area contributed by atoms with Crippen LogP contribution in [0.3, 0.4) is 0 Å². The van der Waals surface area contributed by atoms with E-state index in [0.717, 1.165) is 29.7 Å². The van der Waals surface area contributed by atoms with Crippen molar-refractivity contribution in [2.75, 3.05) is 6.61 Å². The van der Waals surface area contributed by atoms with E-state index in [1.807, 2.05) is 0 Å². The molecule has 3 rings (SSSR count). The highest BCUT2D eigenvalue weighted by Gasteiger charge is 2.41. The Kier molecular flexibility index (Phi) is 7.06. The maximum atomic E-state index is 13.6. The molecule has 3 aromatic rings. The van der Waals surface area contributed by atoms with E-state index in [2.05, 4.69) is 14.8 Å². The molecular formula is C21H15F6N3O2S. The summed E-state index contributed by atoms with van der Waals surface area (Å²) in [5.74, 6) is -1.15. The van der Waals surface area contributed by atoms with E-state index in [1.54, 1.807) is 0 Å². The maximum Gasteiger partial charge on any atom is 0.434 e. The lowest BCUT2D eigenvalue weighted by Gasteiger charge is -2.10. The number of ether oxygens (including phenoxy) is 1. The molecule has 0 aliphatic carbocycles. The molecule has 2 aromatic heterocycles. The topological polar surface area (TPSA) is 57.0 Å². The van der Waals surface area contributed by atoms with Crippen LogP contribution >= 0.6 is 11.3 Å². The molecule has 1 aromatic carbocycles. The lowest BCUT2D eigenvalue weighted by Crippen LogP contribution is -2.18. The predicted octanol–water partition coefficient (Wildman–Crippen LogP) is 6.27. The summed E-state index contributed by atoms with van der Waals surface area (Å²) in [5.41, 5.74) is -2.17. The van der Waals surface area contributed by atoms with Gasteiger partial charge >= 0.3 is 18.3 Å². The first-order valence-electron chi connectivity index (χ1n) is 9.31. The third-order valence-electron chi connectivity index (χ3n) is 4.10. The third-order valence-corrected chi connectivity index (χ3v) is 4.94. The second kappa shape index (κ2) is 9.61. The van der Waals surface area contributed by atoms with Gasteiger partial charge in [0.1, 0.15) is 5.56 Å². The smallest absolute Gasteiger partial charge is 0.434 e. The van der Waals surface area contributed by atoms with Gasteiger partial charge in [0.25, 0.3) is 0 Å². The quantitative estimate of drug-likeness (QED) is 0.234. The van der Waals surface area contributed by atoms with Crippen LogP contribution in [0.1, 0.15) is 39.8 Å². The monoisotopic (exact) mass is 487 g/mol. The molecule has 5 nitrogen and oxygen atoms in total. The van der Waals surface area contributed by atoms with E-state index in [1.165, 1.54) is 48.7 Å². The molecule has 0 saturated heterocycles. The van der Waals surface area contributed by atoms with Crippen molar-refractivity contribution in [1.82, 2.24) is 14.8 Å². The third kappa shape index (κ3) is 5.89. The van der Waals surface area contributed by atoms with Gasteiger partial charge in [0.05, 0.1) is 24.1 Å². The Morgan fingerprint density at radius 3 is 2.52 bits per heavy atom. The summed E-state index contributed by atoms with van der Waals surface area (Å²) < 4.78 is 84.1. The minimum atomic E-state index is -4.88. The van der Waals surface area contributed by atoms with Gasteiger partial charge in [-0.15, -0.1) is 11.3 Å². The molecular weight excluding hydrogens is 472 g/mol. The summed E-state index contributed by atoms with van der Waals surface area (Å²) in [6, 6.07) is 4.73. The van der Waals surface area contributed by atoms with Crippen LogP contribution in [-0.2, 0) is 17.1 Å². The molecule has 0 fully saturated rings. The van der Waals surface area contributed by atoms with Crippen LogP contribution < -0.4 is 0 Å². The number of carbonyl (C=O) groups excluding carboxylic acids is 1. The van der Waals surface area contributed by atoms with Gasteiger partial charge in [-0.05, 0) is 30.7 Å². The number of rotatable bonds is 6. The van der Waals surface area contributed by atoms with Crippen LogP contribution in [0.2, 0.25) is 0 Å². The molecule has 0 spiro atoms. The Labute approximate surface area is 187 Å². The van der Waals surface area contributed by atoms with Gasteiger partial charge in [-0.2, -0.15) is 31.4 Å². The number of halogens is 6. The van der Waals surface area contributed by atoms with Crippen molar-refractivity contribution in [1.29, 1.82) is 0 Å². The van der Waals surface area contributed by atoms with Crippen LogP contribution in [-0.4, -0.2) is 27.3 Å². The number of allylic oxidation sites excluding steroid dienone is 2. The molecule has 0 aliphatic heterocycles. The first kappa shape index (κ1) is 24.2. The number of carbonyl (C=O) groups is 1. The van der Waals surface area contributed by atoms with E-state index < -0.39 is 35.1 Å². The van der Waals surface area contributed by atoms with Crippen molar-refractivity contribution in [3.63, 3.8) is 0 Å². The first-order valence-corrected chi connectivity index (χ1v) is 10.2. The normalized spacial score (nSPS) is 12.7. The van der Waals surface area contributed by atoms with Crippen LogP contribution in [0.5, 0.6) is 0 Å². The molecule has 12 heteroatoms. The zero-order valence-electron chi connectivity index (χ0n) is 16.8. The SMILES string of the molecule is CCOC(=O)c1cnn(-c2nc(/C=C/C=C/c3cccc(C(F)(F)F)c3)cs2)c1C(F)(F)F. The molecule has 0 bridgehead atoms. The molecule has 0 radical (unpaired) electrons. The maximum absolute atomic E-state index is 13.6. The fourth-order valence-electron chi connectivity index (χ4n) is 2.71. The zero-order chi connectivity index (χ0) is 24.2. The second-order valence-electron chi connectivity index (χ2n) is 6.43. The molecule has 174 valence electrons. The van der Waals surface area contributed by atoms with Crippen molar-refractivity contribution >= 4 is 29.5 Å². The highest BCUT2D eigenvalue weighted by atomic mass is 32.1. The minimum Gasteiger partial charge on any atom is -0.462 e. The molecule has 0 unspecified atom stereocenters. The van der Waals surface area contributed by atoms with Crippen LogP contribution in [0.15, 0.2) is 48.0 Å². The lowest BCUT2D eigenvalue weighted by molar-refractivity contribution is -0.143. The number of thiazole rings is 1. The highest BCUT2D eigenvalue weighted by Crippen LogP contribution is 2.34. The number of benzene rings is 1. The summed E-state index contributed by atoms with van der Waals surface area (Å²) in [7, 11) is 0. The Balaban J connectivity index is 1.80. The largest absolute Gasteiger partial charge is 0.462 e. The average molecular weight is 487 g/mol. The van der Waals surface area contributed by atoms with E-state index in [4.69, 9.17) is 0 Å². The first-order chi connectivity index (χ1) is 15.5. The van der Waals surface area contributed by atoms with Crippen LogP contribution in [0.25, 0.3) is 17.3 Å². The van der Waals surface area contributed by atoms with E-state index in [-0.39, 0.29) is 11.7 Å². The van der Waals surface area contributed by atoms with Crippen molar-refractivity contribution in [3.8, 4) is 5.13 Å². The standard InChI is InChI=1S/C21H15F6N3O2S/c1-2-32-18(31)16-11-28-30(17(16)21(25,26)27)19-29-15(12-33-19)9-4-3-6-13-7-5-8-14(10-13)20(22,23)24/h3-12H,2H2,1H3/b6-3+,9-4+. The molecule has 0 aliphatic rings. The van der Waals surface area contributed by atoms with Gasteiger partial charge in [0, 0.05) is 5.38 Å². The van der Waals surface area contributed by atoms with Gasteiger partial charge < -0.3 is 4.74 Å². The number of hydrogen-bond donors (Lipinski definition) is 0. The summed E-state index contributed by atoms with van der Waals surface area (Å²) in [6.07, 6.45) is -2.69. The van der Waals surface area contributed by atoms with Gasteiger partial charge in [-0.3, -0.25) is 0 Å². The van der Waals surface area contributed by atoms with E-state index in [9.17, 15) is 31.1 Å². The van der Waals surface area contributed by atoms with Gasteiger partial charge in [0.15, 0.2) is 5.69 Å². The van der Waals surface area contributed by atoms with E-state index >= 15 is 0 Å². The molecule has 0 atom stereocenters. The predicted molar refractivity (Wildman–Crippen MR) is 110 cm³/mol. The van der Waals surface area contributed by atoms with Crippen molar-refractivity contribution in [2.24, 2.45) is 0 Å². The number of alkyl halides is 6. The molecule has 2 heterocycles. The van der Waals surface area contributed by atoms with Gasteiger partial charge in [-0.25, -0.2) is 14.5 Å². The van der Waals surface area contributed by atoms with Crippen molar-refractivity contribution < 1.29 is 35.9 Å². The average Bonchev–Trinajstić information content (AvgIpc) is 3.38. The van der Waals surface area contributed by atoms with Gasteiger partial charge in [-0.1, -0.05) is 30.4 Å². The minimum absolute atomic E-state index is 0.0957. The summed E-state index contributed by atoms with van der Waals surface area (Å²) in [5, 5.41) is 4.99. The van der Waals surface area contributed by atoms with Crippen molar-refractivity contribution in [2.45, 2.75) is 19.3 Å². The summed E-state index contributed by atoms with van der Waals surface area (Å²) >= 11 is 0.867. The number of esters is 1. The second-order valence-corrected chi connectivity index (χ2v) is 7.27. The summed E-state index contributed by atoms with van der Waals surface area (Å²) in [4.78, 5) is 15.9. The fourth-order valence-corrected chi connectivity index (χ4v) is 3.47. The molecule has 0 saturated carbocycles. The van der Waals surface area contributed by atoms with E-state index in [0.29, 0.717) is 15.9 Å². The number of nitrogens with zero attached hydrogens (tertiary/aromatic N) is 3. The zero-order valence-corrected chi connectivity index (χ0v) is 17.6. The Morgan fingerprint density at radius 2 is 1.85 bits per heavy atom. The fraction of sp³-hybridized carbons (Fsp3) is 0.190. The highest BCUT2D eigenvalue weighted by molar-refractivity contribution is 7.12. The molecule has 33 heavy (non-hydrogen) atoms. The Morgan fingerprint density at radius 1 is 1.12 bits per heavy atom. The Hall–Kier alpha value is -3.41. The van der Waals surface area contributed by atoms with Crippen LogP contribution in [0, 0.1) is 0 Å².